The van der Waals surface area contributed by atoms with Crippen LogP contribution in [0.2, 0.25) is 0 Å². The second-order valence-electron chi connectivity index (χ2n) is 8.55. The van der Waals surface area contributed by atoms with Gasteiger partial charge in [-0.25, -0.2) is 9.79 Å². The van der Waals surface area contributed by atoms with Gasteiger partial charge in [0.05, 0.1) is 42.2 Å². The number of fused-ring (bicyclic) bond motifs is 2. The molecule has 3 heterocycles. The molecular formula is C28H28N2O7S. The van der Waals surface area contributed by atoms with Crippen LogP contribution in [0.15, 0.2) is 57.5 Å². The van der Waals surface area contributed by atoms with Crippen LogP contribution in [0, 0.1) is 0 Å². The van der Waals surface area contributed by atoms with Gasteiger partial charge in [0.2, 0.25) is 0 Å². The summed E-state index contributed by atoms with van der Waals surface area (Å²) in [6.07, 6.45) is 1.79. The summed E-state index contributed by atoms with van der Waals surface area (Å²) in [6, 6.07) is 10.2. The monoisotopic (exact) mass is 536 g/mol. The van der Waals surface area contributed by atoms with E-state index < -0.39 is 12.0 Å². The van der Waals surface area contributed by atoms with E-state index in [1.54, 1.807) is 43.7 Å². The van der Waals surface area contributed by atoms with Gasteiger partial charge >= 0.3 is 5.97 Å². The molecule has 0 amide bonds. The number of hydrogen-bond donors (Lipinski definition) is 0. The van der Waals surface area contributed by atoms with Crippen molar-refractivity contribution < 1.29 is 28.5 Å². The fourth-order valence-corrected chi connectivity index (χ4v) is 5.59. The Kier molecular flexibility index (Phi) is 7.24. The molecule has 0 saturated carbocycles. The summed E-state index contributed by atoms with van der Waals surface area (Å²) in [5.74, 6) is 1.87. The third kappa shape index (κ3) is 4.67. The molecule has 9 nitrogen and oxygen atoms in total. The number of carbonyl (C=O) groups excluding carboxylic acids is 1. The third-order valence-corrected chi connectivity index (χ3v) is 7.17. The zero-order chi connectivity index (χ0) is 26.8. The fraction of sp³-hybridized carbons (Fsp3) is 0.321. The van der Waals surface area contributed by atoms with Crippen molar-refractivity contribution in [1.29, 1.82) is 0 Å². The Hall–Kier alpha value is -4.05. The Labute approximate surface area is 223 Å². The minimum atomic E-state index is -0.752. The Balaban J connectivity index is 1.69. The zero-order valence-corrected chi connectivity index (χ0v) is 22.4. The van der Waals surface area contributed by atoms with E-state index in [-0.39, 0.29) is 12.2 Å². The lowest BCUT2D eigenvalue weighted by Gasteiger charge is -2.25. The molecule has 3 aromatic rings. The standard InChI is InChI=1S/C28H28N2O7S/c1-5-34-22-15-18(8-10-19(22)33-4)25-24(27(32)35-6-2)16(3)29-28-30(25)26(31)23(38-28)14-17-7-9-20-21(13-17)37-12-11-36-20/h7-10,13-15,25H,5-6,11-12H2,1-4H3/b23-14-. The van der Waals surface area contributed by atoms with Gasteiger partial charge in [-0.1, -0.05) is 23.5 Å². The average molecular weight is 537 g/mol. The van der Waals surface area contributed by atoms with E-state index in [0.717, 1.165) is 5.56 Å². The number of esters is 1. The molecule has 0 N–H and O–H groups in total. The quantitative estimate of drug-likeness (QED) is 0.428. The van der Waals surface area contributed by atoms with Gasteiger partial charge in [0, 0.05) is 0 Å². The first-order valence-electron chi connectivity index (χ1n) is 12.3. The number of ether oxygens (including phenoxy) is 5. The SMILES string of the molecule is CCOC(=O)C1=C(C)N=c2s/c(=C\c3ccc4c(c3)OCCO4)c(=O)n2C1c1ccc(OC)c(OCC)c1. The lowest BCUT2D eigenvalue weighted by molar-refractivity contribution is -0.139. The second kappa shape index (κ2) is 10.7. The molecule has 1 unspecified atom stereocenters. The predicted molar refractivity (Wildman–Crippen MR) is 142 cm³/mol. The van der Waals surface area contributed by atoms with E-state index in [2.05, 4.69) is 4.99 Å². The van der Waals surface area contributed by atoms with E-state index >= 15 is 0 Å². The summed E-state index contributed by atoms with van der Waals surface area (Å²) in [6.45, 7) is 6.97. The van der Waals surface area contributed by atoms with Crippen molar-refractivity contribution in [3.63, 3.8) is 0 Å². The van der Waals surface area contributed by atoms with Crippen LogP contribution in [-0.2, 0) is 9.53 Å². The topological polar surface area (TPSA) is 97.6 Å². The van der Waals surface area contributed by atoms with Crippen LogP contribution >= 0.6 is 11.3 Å². The summed E-state index contributed by atoms with van der Waals surface area (Å²) in [4.78, 5) is 32.1. The molecule has 1 aromatic heterocycles. The van der Waals surface area contributed by atoms with Crippen molar-refractivity contribution in [3.8, 4) is 23.0 Å². The molecule has 1 atom stereocenters. The molecule has 38 heavy (non-hydrogen) atoms. The number of allylic oxidation sites excluding steroid dienone is 1. The van der Waals surface area contributed by atoms with E-state index in [0.29, 0.717) is 69.0 Å². The summed E-state index contributed by atoms with van der Waals surface area (Å²) in [5.41, 5.74) is 2.00. The maximum Gasteiger partial charge on any atom is 0.338 e. The molecule has 10 heteroatoms. The molecule has 0 saturated heterocycles. The Bertz CT molecular complexity index is 1600. The number of hydrogen-bond acceptors (Lipinski definition) is 9. The van der Waals surface area contributed by atoms with Gasteiger partial charge < -0.3 is 23.7 Å². The summed E-state index contributed by atoms with van der Waals surface area (Å²) < 4.78 is 29.9. The maximum absolute atomic E-state index is 13.9. The predicted octanol–water partition coefficient (Wildman–Crippen LogP) is 2.98. The lowest BCUT2D eigenvalue weighted by atomic mass is 9.95. The smallest absolute Gasteiger partial charge is 0.338 e. The normalized spacial score (nSPS) is 16.5. The van der Waals surface area contributed by atoms with Crippen LogP contribution in [0.1, 0.15) is 37.9 Å². The maximum atomic E-state index is 13.9. The number of carbonyl (C=O) groups is 1. The molecule has 2 aromatic carbocycles. The first kappa shape index (κ1) is 25.6. The van der Waals surface area contributed by atoms with E-state index in [1.165, 1.54) is 11.3 Å². The number of thiazole rings is 1. The molecule has 198 valence electrons. The minimum Gasteiger partial charge on any atom is -0.493 e. The molecule has 2 aliphatic heterocycles. The number of methoxy groups -OCH3 is 1. The van der Waals surface area contributed by atoms with Crippen molar-refractivity contribution in [1.82, 2.24) is 4.57 Å². The third-order valence-electron chi connectivity index (χ3n) is 6.18. The van der Waals surface area contributed by atoms with Crippen molar-refractivity contribution >= 4 is 23.4 Å². The van der Waals surface area contributed by atoms with E-state index in [1.807, 2.05) is 31.2 Å². The van der Waals surface area contributed by atoms with Crippen molar-refractivity contribution in [3.05, 3.63) is 78.5 Å². The highest BCUT2D eigenvalue weighted by Crippen LogP contribution is 2.36. The summed E-state index contributed by atoms with van der Waals surface area (Å²) in [7, 11) is 1.56. The van der Waals surface area contributed by atoms with Crippen molar-refractivity contribution in [2.75, 3.05) is 33.5 Å². The van der Waals surface area contributed by atoms with Gasteiger partial charge in [0.15, 0.2) is 27.8 Å². The van der Waals surface area contributed by atoms with E-state index in [9.17, 15) is 9.59 Å². The summed E-state index contributed by atoms with van der Waals surface area (Å²) in [5, 5.41) is 0. The average Bonchev–Trinajstić information content (AvgIpc) is 3.22. The molecule has 5 rings (SSSR count). The Morgan fingerprint density at radius 3 is 2.63 bits per heavy atom. The van der Waals surface area contributed by atoms with Gasteiger partial charge in [-0.05, 0) is 62.2 Å². The van der Waals surface area contributed by atoms with Gasteiger partial charge in [0.1, 0.15) is 13.2 Å². The number of rotatable bonds is 7. The number of benzene rings is 2. The molecule has 0 spiro atoms. The molecule has 2 aliphatic rings. The molecular weight excluding hydrogens is 508 g/mol. The number of aromatic nitrogens is 1. The van der Waals surface area contributed by atoms with Crippen molar-refractivity contribution in [2.45, 2.75) is 26.8 Å². The minimum absolute atomic E-state index is 0.198. The van der Waals surface area contributed by atoms with Gasteiger partial charge in [0.25, 0.3) is 5.56 Å². The van der Waals surface area contributed by atoms with Crippen LogP contribution in [0.5, 0.6) is 23.0 Å². The molecule has 0 radical (unpaired) electrons. The summed E-state index contributed by atoms with van der Waals surface area (Å²) >= 11 is 1.26. The Morgan fingerprint density at radius 1 is 1.11 bits per heavy atom. The van der Waals surface area contributed by atoms with Crippen LogP contribution in [0.4, 0.5) is 0 Å². The van der Waals surface area contributed by atoms with Crippen molar-refractivity contribution in [2.24, 2.45) is 4.99 Å². The second-order valence-corrected chi connectivity index (χ2v) is 9.56. The Morgan fingerprint density at radius 2 is 1.89 bits per heavy atom. The van der Waals surface area contributed by atoms with Gasteiger partial charge in [-0.15, -0.1) is 0 Å². The van der Waals surface area contributed by atoms with Gasteiger partial charge in [-0.2, -0.15) is 0 Å². The largest absolute Gasteiger partial charge is 0.493 e. The van der Waals surface area contributed by atoms with Crippen LogP contribution in [0.25, 0.3) is 6.08 Å². The first-order valence-corrected chi connectivity index (χ1v) is 13.2. The molecule has 0 fully saturated rings. The van der Waals surface area contributed by atoms with Crippen LogP contribution in [0.3, 0.4) is 0 Å². The number of nitrogens with zero attached hydrogens (tertiary/aromatic N) is 2. The highest BCUT2D eigenvalue weighted by Gasteiger charge is 2.34. The molecule has 0 bridgehead atoms. The molecule has 0 aliphatic carbocycles. The van der Waals surface area contributed by atoms with Crippen LogP contribution in [-0.4, -0.2) is 44.1 Å². The fourth-order valence-electron chi connectivity index (χ4n) is 4.54. The van der Waals surface area contributed by atoms with E-state index in [4.69, 9.17) is 23.7 Å². The highest BCUT2D eigenvalue weighted by molar-refractivity contribution is 7.07. The lowest BCUT2D eigenvalue weighted by Crippen LogP contribution is -2.40. The zero-order valence-electron chi connectivity index (χ0n) is 21.6. The van der Waals surface area contributed by atoms with Crippen LogP contribution < -0.4 is 33.8 Å². The highest BCUT2D eigenvalue weighted by atomic mass is 32.1. The van der Waals surface area contributed by atoms with Gasteiger partial charge in [-0.3, -0.25) is 9.36 Å². The first-order chi connectivity index (χ1) is 18.4.